The molecule has 0 unspecified atom stereocenters. The van der Waals surface area contributed by atoms with Crippen LogP contribution in [0.3, 0.4) is 0 Å². The molecule has 1 amide bonds. The second-order valence-electron chi connectivity index (χ2n) is 5.67. The average molecular weight is 408 g/mol. The Hall–Kier alpha value is -3.07. The number of nitrogens with zero attached hydrogens (tertiary/aromatic N) is 1. The molecule has 0 spiro atoms. The van der Waals surface area contributed by atoms with Crippen LogP contribution >= 0.6 is 11.3 Å². The summed E-state index contributed by atoms with van der Waals surface area (Å²) in [7, 11) is 0. The first kappa shape index (κ1) is 19.7. The highest BCUT2D eigenvalue weighted by molar-refractivity contribution is 7.14. The molecular weight excluding hydrogens is 393 g/mol. The minimum absolute atomic E-state index is 0.0784. The first-order valence-electron chi connectivity index (χ1n) is 8.12. The van der Waals surface area contributed by atoms with Crippen LogP contribution in [0.5, 0.6) is 17.4 Å². The SMILES string of the molecule is Cc1cc(OC(F)F)c(C(=O)NCc2ccnc(Oc3ccc(F)cc3)c2)s1. The van der Waals surface area contributed by atoms with Gasteiger partial charge in [0, 0.05) is 23.7 Å². The fourth-order valence-electron chi connectivity index (χ4n) is 2.33. The van der Waals surface area contributed by atoms with E-state index in [1.165, 1.54) is 36.5 Å². The van der Waals surface area contributed by atoms with Crippen molar-refractivity contribution in [1.29, 1.82) is 0 Å². The molecule has 5 nitrogen and oxygen atoms in total. The minimum atomic E-state index is -3.01. The maximum atomic E-state index is 12.9. The van der Waals surface area contributed by atoms with Crippen LogP contribution in [0.1, 0.15) is 20.1 Å². The first-order chi connectivity index (χ1) is 13.4. The van der Waals surface area contributed by atoms with E-state index in [1.54, 1.807) is 19.1 Å². The summed E-state index contributed by atoms with van der Waals surface area (Å²) in [5, 5.41) is 2.65. The summed E-state index contributed by atoms with van der Waals surface area (Å²) in [5.41, 5.74) is 0.685. The van der Waals surface area contributed by atoms with Crippen LogP contribution in [0, 0.1) is 12.7 Å². The lowest BCUT2D eigenvalue weighted by molar-refractivity contribution is -0.0498. The van der Waals surface area contributed by atoms with Crippen molar-refractivity contribution in [2.45, 2.75) is 20.1 Å². The van der Waals surface area contributed by atoms with Crippen LogP contribution in [0.25, 0.3) is 0 Å². The summed E-state index contributed by atoms with van der Waals surface area (Å²) in [6, 6.07) is 10.1. The Morgan fingerprint density at radius 1 is 1.21 bits per heavy atom. The maximum absolute atomic E-state index is 12.9. The number of aryl methyl sites for hydroxylation is 1. The predicted octanol–water partition coefficient (Wildman–Crippen LogP) is 4.91. The molecule has 3 rings (SSSR count). The molecule has 0 aliphatic rings. The second kappa shape index (κ2) is 8.75. The molecule has 28 heavy (non-hydrogen) atoms. The number of rotatable bonds is 7. The lowest BCUT2D eigenvalue weighted by atomic mass is 10.2. The van der Waals surface area contributed by atoms with Crippen LogP contribution in [0.4, 0.5) is 13.2 Å². The van der Waals surface area contributed by atoms with Crippen LogP contribution in [-0.4, -0.2) is 17.5 Å². The van der Waals surface area contributed by atoms with E-state index in [4.69, 9.17) is 4.74 Å². The minimum Gasteiger partial charge on any atom is -0.439 e. The van der Waals surface area contributed by atoms with E-state index in [9.17, 15) is 18.0 Å². The number of carbonyl (C=O) groups is 1. The molecule has 2 heterocycles. The number of nitrogens with one attached hydrogen (secondary N) is 1. The number of halogens is 3. The Morgan fingerprint density at radius 3 is 2.68 bits per heavy atom. The van der Waals surface area contributed by atoms with Crippen molar-refractivity contribution in [3.05, 3.63) is 69.8 Å². The van der Waals surface area contributed by atoms with Crippen molar-refractivity contribution in [2.24, 2.45) is 0 Å². The number of hydrogen-bond donors (Lipinski definition) is 1. The van der Waals surface area contributed by atoms with Gasteiger partial charge in [-0.2, -0.15) is 8.78 Å². The maximum Gasteiger partial charge on any atom is 0.387 e. The van der Waals surface area contributed by atoms with Gasteiger partial charge in [-0.1, -0.05) is 0 Å². The van der Waals surface area contributed by atoms with Crippen molar-refractivity contribution in [3.8, 4) is 17.4 Å². The Labute approximate surface area is 162 Å². The van der Waals surface area contributed by atoms with Gasteiger partial charge >= 0.3 is 6.61 Å². The van der Waals surface area contributed by atoms with Gasteiger partial charge in [-0.05, 0) is 48.9 Å². The number of carbonyl (C=O) groups excluding carboxylic acids is 1. The Balaban J connectivity index is 1.65. The lowest BCUT2D eigenvalue weighted by Gasteiger charge is -2.09. The average Bonchev–Trinajstić information content (AvgIpc) is 3.01. The molecule has 0 aliphatic heterocycles. The van der Waals surface area contributed by atoms with E-state index in [0.717, 1.165) is 11.3 Å². The van der Waals surface area contributed by atoms with Gasteiger partial charge in [0.1, 0.15) is 22.2 Å². The smallest absolute Gasteiger partial charge is 0.387 e. The third-order valence-corrected chi connectivity index (χ3v) is 4.56. The highest BCUT2D eigenvalue weighted by Gasteiger charge is 2.19. The highest BCUT2D eigenvalue weighted by atomic mass is 32.1. The molecule has 0 saturated heterocycles. The number of ether oxygens (including phenoxy) is 2. The van der Waals surface area contributed by atoms with Gasteiger partial charge in [0.05, 0.1) is 0 Å². The van der Waals surface area contributed by atoms with Crippen molar-refractivity contribution in [2.75, 3.05) is 0 Å². The van der Waals surface area contributed by atoms with E-state index in [2.05, 4.69) is 15.0 Å². The number of amides is 1. The summed E-state index contributed by atoms with van der Waals surface area (Å²) in [6.45, 7) is -1.18. The molecule has 0 bridgehead atoms. The Bertz CT molecular complexity index is 961. The summed E-state index contributed by atoms with van der Waals surface area (Å²) < 4.78 is 47.8. The number of alkyl halides is 2. The normalized spacial score (nSPS) is 10.8. The van der Waals surface area contributed by atoms with Gasteiger partial charge in [0.25, 0.3) is 5.91 Å². The van der Waals surface area contributed by atoms with Crippen molar-refractivity contribution < 1.29 is 27.4 Å². The molecule has 146 valence electrons. The zero-order valence-corrected chi connectivity index (χ0v) is 15.4. The van der Waals surface area contributed by atoms with Gasteiger partial charge in [-0.25, -0.2) is 9.37 Å². The van der Waals surface area contributed by atoms with Gasteiger partial charge < -0.3 is 14.8 Å². The first-order valence-corrected chi connectivity index (χ1v) is 8.94. The molecule has 3 aromatic rings. The van der Waals surface area contributed by atoms with E-state index in [1.807, 2.05) is 0 Å². The largest absolute Gasteiger partial charge is 0.439 e. The quantitative estimate of drug-likeness (QED) is 0.603. The van der Waals surface area contributed by atoms with Gasteiger partial charge in [0.2, 0.25) is 5.88 Å². The van der Waals surface area contributed by atoms with Crippen molar-refractivity contribution in [1.82, 2.24) is 10.3 Å². The Kier molecular flexibility index (Phi) is 6.15. The van der Waals surface area contributed by atoms with E-state index >= 15 is 0 Å². The monoisotopic (exact) mass is 408 g/mol. The predicted molar refractivity (Wildman–Crippen MR) is 97.6 cm³/mol. The molecule has 0 aliphatic carbocycles. The summed E-state index contributed by atoms with van der Waals surface area (Å²) in [5.74, 6) is -0.364. The van der Waals surface area contributed by atoms with E-state index in [0.29, 0.717) is 16.2 Å². The van der Waals surface area contributed by atoms with Crippen LogP contribution in [0.15, 0.2) is 48.7 Å². The number of thiophene rings is 1. The van der Waals surface area contributed by atoms with E-state index in [-0.39, 0.29) is 28.9 Å². The molecule has 9 heteroatoms. The van der Waals surface area contributed by atoms with Gasteiger partial charge in [-0.15, -0.1) is 11.3 Å². The molecule has 0 fully saturated rings. The fraction of sp³-hybridized carbons (Fsp3) is 0.158. The molecular formula is C19H15F3N2O3S. The van der Waals surface area contributed by atoms with Crippen molar-refractivity contribution >= 4 is 17.2 Å². The number of hydrogen-bond acceptors (Lipinski definition) is 5. The zero-order valence-electron chi connectivity index (χ0n) is 14.6. The third-order valence-electron chi connectivity index (χ3n) is 3.53. The van der Waals surface area contributed by atoms with Gasteiger partial charge in [-0.3, -0.25) is 4.79 Å². The molecule has 0 radical (unpaired) electrons. The third kappa shape index (κ3) is 5.23. The van der Waals surface area contributed by atoms with Crippen LogP contribution in [0.2, 0.25) is 0 Å². The second-order valence-corrected chi connectivity index (χ2v) is 6.93. The highest BCUT2D eigenvalue weighted by Crippen LogP contribution is 2.30. The summed E-state index contributed by atoms with van der Waals surface area (Å²) in [4.78, 5) is 17.2. The summed E-state index contributed by atoms with van der Waals surface area (Å²) >= 11 is 1.07. The molecule has 0 atom stereocenters. The number of benzene rings is 1. The summed E-state index contributed by atoms with van der Waals surface area (Å²) in [6.07, 6.45) is 1.50. The molecule has 1 N–H and O–H groups in total. The molecule has 0 saturated carbocycles. The molecule has 1 aromatic carbocycles. The van der Waals surface area contributed by atoms with E-state index < -0.39 is 12.5 Å². The standard InChI is InChI=1S/C19H15F3N2O3S/c1-11-8-15(27-19(21)22)17(28-11)18(25)24-10-12-6-7-23-16(9-12)26-14-4-2-13(20)3-5-14/h2-9,19H,10H2,1H3,(H,24,25). The Morgan fingerprint density at radius 2 is 1.96 bits per heavy atom. The van der Waals surface area contributed by atoms with Crippen LogP contribution < -0.4 is 14.8 Å². The number of pyridine rings is 1. The zero-order chi connectivity index (χ0) is 20.1. The van der Waals surface area contributed by atoms with Gasteiger partial charge in [0.15, 0.2) is 0 Å². The topological polar surface area (TPSA) is 60.5 Å². The number of aromatic nitrogens is 1. The fourth-order valence-corrected chi connectivity index (χ4v) is 3.20. The lowest BCUT2D eigenvalue weighted by Crippen LogP contribution is -2.22. The molecule has 2 aromatic heterocycles. The van der Waals surface area contributed by atoms with Crippen molar-refractivity contribution in [3.63, 3.8) is 0 Å². The van der Waals surface area contributed by atoms with Crippen LogP contribution in [-0.2, 0) is 6.54 Å².